The molecule has 1 aliphatic carbocycles. The van der Waals surface area contributed by atoms with Crippen LogP contribution in [0, 0.1) is 0 Å². The van der Waals surface area contributed by atoms with Crippen molar-refractivity contribution in [3.05, 3.63) is 11.3 Å². The van der Waals surface area contributed by atoms with Crippen LogP contribution >= 0.6 is 11.5 Å². The predicted octanol–water partition coefficient (Wildman–Crippen LogP) is 1.98. The summed E-state index contributed by atoms with van der Waals surface area (Å²) in [5.41, 5.74) is 0.459. The van der Waals surface area contributed by atoms with Crippen LogP contribution in [0.3, 0.4) is 0 Å². The minimum Gasteiger partial charge on any atom is -0.227 e. The lowest BCUT2D eigenvalue weighted by Gasteiger charge is -2.04. The van der Waals surface area contributed by atoms with E-state index in [1.807, 2.05) is 0 Å². The molecule has 2 rings (SSSR count). The van der Waals surface area contributed by atoms with Crippen molar-refractivity contribution in [2.24, 2.45) is 0 Å². The SMILES string of the molecule is CCC1(c2ncns2)CC1. The summed E-state index contributed by atoms with van der Waals surface area (Å²) >= 11 is 1.56. The van der Waals surface area contributed by atoms with Crippen molar-refractivity contribution in [2.75, 3.05) is 0 Å². The van der Waals surface area contributed by atoms with Crippen molar-refractivity contribution in [2.45, 2.75) is 31.6 Å². The fourth-order valence-electron chi connectivity index (χ4n) is 1.28. The van der Waals surface area contributed by atoms with E-state index >= 15 is 0 Å². The van der Waals surface area contributed by atoms with Crippen LogP contribution in [-0.2, 0) is 5.41 Å². The molecule has 2 nitrogen and oxygen atoms in total. The van der Waals surface area contributed by atoms with Crippen LogP contribution in [0.1, 0.15) is 31.2 Å². The molecule has 0 saturated heterocycles. The van der Waals surface area contributed by atoms with Gasteiger partial charge in [0.25, 0.3) is 0 Å². The highest BCUT2D eigenvalue weighted by atomic mass is 32.1. The Kier molecular flexibility index (Phi) is 1.27. The van der Waals surface area contributed by atoms with E-state index in [0.29, 0.717) is 5.41 Å². The van der Waals surface area contributed by atoms with Crippen LogP contribution in [-0.4, -0.2) is 9.36 Å². The monoisotopic (exact) mass is 154 g/mol. The Hall–Kier alpha value is -0.440. The molecule has 1 heterocycles. The zero-order chi connectivity index (χ0) is 7.03. The average Bonchev–Trinajstić information content (AvgIpc) is 2.58. The molecule has 1 aromatic heterocycles. The molecule has 10 heavy (non-hydrogen) atoms. The van der Waals surface area contributed by atoms with Gasteiger partial charge in [-0.25, -0.2) is 4.98 Å². The fourth-order valence-corrected chi connectivity index (χ4v) is 2.11. The van der Waals surface area contributed by atoms with Gasteiger partial charge in [-0.2, -0.15) is 4.37 Å². The minimum atomic E-state index is 0.459. The standard InChI is InChI=1S/C7H10N2S/c1-2-7(3-4-7)6-8-5-9-10-6/h5H,2-4H2,1H3. The van der Waals surface area contributed by atoms with E-state index in [2.05, 4.69) is 16.3 Å². The molecule has 1 fully saturated rings. The molecule has 0 aromatic carbocycles. The van der Waals surface area contributed by atoms with Crippen molar-refractivity contribution in [3.63, 3.8) is 0 Å². The second kappa shape index (κ2) is 2.02. The van der Waals surface area contributed by atoms with Gasteiger partial charge >= 0.3 is 0 Å². The molecule has 0 spiro atoms. The van der Waals surface area contributed by atoms with Gasteiger partial charge in [-0.05, 0) is 30.8 Å². The van der Waals surface area contributed by atoms with Gasteiger partial charge in [-0.1, -0.05) is 6.92 Å². The second-order valence-electron chi connectivity index (χ2n) is 2.88. The first kappa shape index (κ1) is 6.28. The van der Waals surface area contributed by atoms with Gasteiger partial charge in [0.05, 0.1) is 0 Å². The quantitative estimate of drug-likeness (QED) is 0.651. The molecule has 1 aromatic rings. The van der Waals surface area contributed by atoms with Crippen molar-refractivity contribution in [3.8, 4) is 0 Å². The Morgan fingerprint density at radius 1 is 1.70 bits per heavy atom. The topological polar surface area (TPSA) is 25.8 Å². The maximum absolute atomic E-state index is 4.23. The molecule has 0 radical (unpaired) electrons. The highest BCUT2D eigenvalue weighted by Gasteiger charge is 2.44. The van der Waals surface area contributed by atoms with E-state index in [1.54, 1.807) is 17.9 Å². The molecule has 54 valence electrons. The van der Waals surface area contributed by atoms with Crippen molar-refractivity contribution >= 4 is 11.5 Å². The van der Waals surface area contributed by atoms with Crippen LogP contribution in [0.5, 0.6) is 0 Å². The van der Waals surface area contributed by atoms with E-state index in [9.17, 15) is 0 Å². The Morgan fingerprint density at radius 2 is 2.50 bits per heavy atom. The Labute approximate surface area is 64.5 Å². The van der Waals surface area contributed by atoms with Crippen LogP contribution in [0.25, 0.3) is 0 Å². The van der Waals surface area contributed by atoms with Crippen LogP contribution in [0.15, 0.2) is 6.33 Å². The van der Waals surface area contributed by atoms with Gasteiger partial charge in [-0.3, -0.25) is 0 Å². The first-order chi connectivity index (χ1) is 4.87. The van der Waals surface area contributed by atoms with Crippen LogP contribution in [0.4, 0.5) is 0 Å². The third kappa shape index (κ3) is 0.770. The zero-order valence-corrected chi connectivity index (χ0v) is 6.82. The van der Waals surface area contributed by atoms with E-state index < -0.39 is 0 Å². The number of rotatable bonds is 2. The summed E-state index contributed by atoms with van der Waals surface area (Å²) in [6.45, 7) is 2.23. The number of nitrogens with zero attached hydrogens (tertiary/aromatic N) is 2. The highest BCUT2D eigenvalue weighted by Crippen LogP contribution is 2.50. The third-order valence-electron chi connectivity index (χ3n) is 2.35. The summed E-state index contributed by atoms with van der Waals surface area (Å²) in [6, 6.07) is 0. The lowest BCUT2D eigenvalue weighted by molar-refractivity contribution is 0.658. The van der Waals surface area contributed by atoms with Gasteiger partial charge in [-0.15, -0.1) is 0 Å². The van der Waals surface area contributed by atoms with Gasteiger partial charge in [0, 0.05) is 5.41 Å². The maximum Gasteiger partial charge on any atom is 0.129 e. The summed E-state index contributed by atoms with van der Waals surface area (Å²) in [5, 5.41) is 1.25. The number of hydrogen-bond acceptors (Lipinski definition) is 3. The maximum atomic E-state index is 4.23. The normalized spacial score (nSPS) is 20.9. The summed E-state index contributed by atoms with van der Waals surface area (Å²) in [7, 11) is 0. The Morgan fingerprint density at radius 3 is 2.90 bits per heavy atom. The second-order valence-corrected chi connectivity index (χ2v) is 3.66. The molecule has 0 unspecified atom stereocenters. The molecule has 1 aliphatic rings. The highest BCUT2D eigenvalue weighted by molar-refractivity contribution is 7.05. The molecule has 0 N–H and O–H groups in total. The predicted molar refractivity (Wildman–Crippen MR) is 41.1 cm³/mol. The largest absolute Gasteiger partial charge is 0.227 e. The third-order valence-corrected chi connectivity index (χ3v) is 3.26. The minimum absolute atomic E-state index is 0.459. The van der Waals surface area contributed by atoms with Gasteiger partial charge in [0.15, 0.2) is 0 Å². The molecule has 0 bridgehead atoms. The Balaban J connectivity index is 2.27. The van der Waals surface area contributed by atoms with Gasteiger partial charge in [0.1, 0.15) is 11.3 Å². The lowest BCUT2D eigenvalue weighted by Crippen LogP contribution is -2.02. The Bertz CT molecular complexity index is 214. The van der Waals surface area contributed by atoms with E-state index in [1.165, 1.54) is 24.3 Å². The number of hydrogen-bond donors (Lipinski definition) is 0. The van der Waals surface area contributed by atoms with Gasteiger partial charge < -0.3 is 0 Å². The summed E-state index contributed by atoms with van der Waals surface area (Å²) in [6.07, 6.45) is 5.52. The van der Waals surface area contributed by atoms with Crippen LogP contribution in [0.2, 0.25) is 0 Å². The molecule has 0 aliphatic heterocycles. The summed E-state index contributed by atoms with van der Waals surface area (Å²) in [4.78, 5) is 4.23. The van der Waals surface area contributed by atoms with Crippen molar-refractivity contribution in [1.82, 2.24) is 9.36 Å². The first-order valence-corrected chi connectivity index (χ1v) is 4.42. The fraction of sp³-hybridized carbons (Fsp3) is 0.714. The first-order valence-electron chi connectivity index (χ1n) is 3.64. The molecular formula is C7H10N2S. The van der Waals surface area contributed by atoms with Crippen molar-refractivity contribution in [1.29, 1.82) is 0 Å². The molecule has 0 atom stereocenters. The molecule has 3 heteroatoms. The van der Waals surface area contributed by atoms with Crippen molar-refractivity contribution < 1.29 is 0 Å². The smallest absolute Gasteiger partial charge is 0.129 e. The molecule has 0 amide bonds. The molecule has 1 saturated carbocycles. The average molecular weight is 154 g/mol. The van der Waals surface area contributed by atoms with Gasteiger partial charge in [0.2, 0.25) is 0 Å². The summed E-state index contributed by atoms with van der Waals surface area (Å²) < 4.78 is 4.01. The molecular weight excluding hydrogens is 144 g/mol. The number of aromatic nitrogens is 2. The van der Waals surface area contributed by atoms with E-state index in [-0.39, 0.29) is 0 Å². The zero-order valence-electron chi connectivity index (χ0n) is 6.00. The summed E-state index contributed by atoms with van der Waals surface area (Å²) in [5.74, 6) is 0. The van der Waals surface area contributed by atoms with Crippen LogP contribution < -0.4 is 0 Å². The van der Waals surface area contributed by atoms with E-state index in [4.69, 9.17) is 0 Å². The lowest BCUT2D eigenvalue weighted by atomic mass is 10.1. The van der Waals surface area contributed by atoms with E-state index in [0.717, 1.165) is 0 Å².